The predicted molar refractivity (Wildman–Crippen MR) is 90.8 cm³/mol. The highest BCUT2D eigenvalue weighted by Crippen LogP contribution is 2.29. The highest BCUT2D eigenvalue weighted by atomic mass is 19.3. The van der Waals surface area contributed by atoms with Gasteiger partial charge in [-0.25, -0.2) is 9.69 Å². The Morgan fingerprint density at radius 2 is 1.82 bits per heavy atom. The van der Waals surface area contributed by atoms with Gasteiger partial charge in [-0.15, -0.1) is 0 Å². The molecule has 0 atom stereocenters. The van der Waals surface area contributed by atoms with Crippen LogP contribution in [0.5, 0.6) is 11.5 Å². The van der Waals surface area contributed by atoms with Crippen LogP contribution in [0, 0.1) is 0 Å². The molecule has 0 bridgehead atoms. The molecule has 11 heteroatoms. The normalized spacial score (nSPS) is 14.1. The Morgan fingerprint density at radius 3 is 2.39 bits per heavy atom. The first kappa shape index (κ1) is 21.1. The van der Waals surface area contributed by atoms with Gasteiger partial charge in [0.25, 0.3) is 0 Å². The maximum absolute atomic E-state index is 12.3. The number of rotatable bonds is 9. The van der Waals surface area contributed by atoms with E-state index in [4.69, 9.17) is 4.74 Å². The van der Waals surface area contributed by atoms with E-state index in [1.54, 1.807) is 6.92 Å². The molecule has 2 rings (SSSR count). The van der Waals surface area contributed by atoms with Gasteiger partial charge in [0.1, 0.15) is 6.54 Å². The highest BCUT2D eigenvalue weighted by Gasteiger charge is 2.44. The summed E-state index contributed by atoms with van der Waals surface area (Å²) in [7, 11) is 1.31. The van der Waals surface area contributed by atoms with Crippen molar-refractivity contribution >= 4 is 23.8 Å². The van der Waals surface area contributed by atoms with Gasteiger partial charge in [0.05, 0.1) is 7.11 Å². The summed E-state index contributed by atoms with van der Waals surface area (Å²) in [6.45, 7) is -1.82. The van der Waals surface area contributed by atoms with Crippen LogP contribution in [0.25, 0.3) is 0 Å². The average molecular weight is 399 g/mol. The fourth-order valence-electron chi connectivity index (χ4n) is 2.58. The summed E-state index contributed by atoms with van der Waals surface area (Å²) in [5.74, 6) is -2.60. The molecule has 1 aromatic carbocycles. The monoisotopic (exact) mass is 399 g/mol. The van der Waals surface area contributed by atoms with Crippen LogP contribution in [-0.2, 0) is 20.8 Å². The second-order valence-electron chi connectivity index (χ2n) is 5.69. The number of ether oxygens (including phenoxy) is 2. The summed E-state index contributed by atoms with van der Waals surface area (Å²) in [5, 5.41) is 2.52. The predicted octanol–water partition coefficient (Wildman–Crippen LogP) is 0.766. The Labute approximate surface area is 159 Å². The minimum Gasteiger partial charge on any atom is -0.493 e. The molecule has 5 amide bonds. The summed E-state index contributed by atoms with van der Waals surface area (Å²) in [6, 6.07) is 3.54. The fraction of sp³-hybridized carbons (Fsp3) is 0.412. The van der Waals surface area contributed by atoms with E-state index in [0.717, 1.165) is 4.90 Å². The first-order chi connectivity index (χ1) is 13.3. The quantitative estimate of drug-likeness (QED) is 0.486. The van der Waals surface area contributed by atoms with Gasteiger partial charge in [0, 0.05) is 13.1 Å². The molecular weight excluding hydrogens is 380 g/mol. The van der Waals surface area contributed by atoms with E-state index in [1.165, 1.54) is 25.3 Å². The summed E-state index contributed by atoms with van der Waals surface area (Å²) in [4.78, 5) is 48.6. The van der Waals surface area contributed by atoms with Crippen molar-refractivity contribution in [3.63, 3.8) is 0 Å². The van der Waals surface area contributed by atoms with Crippen LogP contribution in [-0.4, -0.2) is 66.9 Å². The van der Waals surface area contributed by atoms with Crippen LogP contribution in [0.1, 0.15) is 12.5 Å². The second-order valence-corrected chi connectivity index (χ2v) is 5.69. The maximum atomic E-state index is 12.3. The number of methoxy groups -OCH3 is 1. The molecule has 0 saturated carbocycles. The zero-order valence-electron chi connectivity index (χ0n) is 15.2. The number of nitrogens with one attached hydrogen (secondary N) is 1. The van der Waals surface area contributed by atoms with Crippen molar-refractivity contribution in [3.8, 4) is 11.5 Å². The van der Waals surface area contributed by atoms with Gasteiger partial charge in [0.15, 0.2) is 11.5 Å². The number of benzene rings is 1. The van der Waals surface area contributed by atoms with Crippen LogP contribution in [0.2, 0.25) is 0 Å². The van der Waals surface area contributed by atoms with Gasteiger partial charge in [-0.05, 0) is 31.0 Å². The van der Waals surface area contributed by atoms with Crippen molar-refractivity contribution in [1.29, 1.82) is 0 Å². The van der Waals surface area contributed by atoms with Gasteiger partial charge in [-0.3, -0.25) is 19.3 Å². The SMILES string of the molecule is CCN1C(=O)C(=O)N(CC(=O)NCCc2ccc(OC(F)F)c(OC)c2)C1=O. The first-order valence-corrected chi connectivity index (χ1v) is 8.34. The van der Waals surface area contributed by atoms with Crippen LogP contribution >= 0.6 is 0 Å². The van der Waals surface area contributed by atoms with Crippen molar-refractivity contribution in [2.75, 3.05) is 26.7 Å². The van der Waals surface area contributed by atoms with Crippen molar-refractivity contribution in [1.82, 2.24) is 15.1 Å². The van der Waals surface area contributed by atoms with E-state index in [0.29, 0.717) is 16.9 Å². The standard InChI is InChI=1S/C17H19F2N3O6/c1-3-21-14(24)15(25)22(17(21)26)9-13(23)20-7-6-10-4-5-11(28-16(18)19)12(8-10)27-2/h4-5,8,16H,3,6-7,9H2,1-2H3,(H,20,23). The summed E-state index contributed by atoms with van der Waals surface area (Å²) < 4.78 is 34.0. The van der Waals surface area contributed by atoms with Gasteiger partial charge in [0.2, 0.25) is 5.91 Å². The lowest BCUT2D eigenvalue weighted by molar-refractivity contribution is -0.143. The van der Waals surface area contributed by atoms with Gasteiger partial charge >= 0.3 is 24.5 Å². The Morgan fingerprint density at radius 1 is 1.14 bits per heavy atom. The third kappa shape index (κ3) is 4.72. The van der Waals surface area contributed by atoms with Crippen molar-refractivity contribution < 1.29 is 37.4 Å². The number of likely N-dealkylation sites (N-methyl/N-ethyl adjacent to an activating group) is 1. The molecule has 1 aliphatic rings. The first-order valence-electron chi connectivity index (χ1n) is 8.34. The van der Waals surface area contributed by atoms with Crippen LogP contribution in [0.3, 0.4) is 0 Å². The van der Waals surface area contributed by atoms with E-state index in [2.05, 4.69) is 10.1 Å². The Bertz CT molecular complexity index is 786. The molecule has 0 aliphatic carbocycles. The molecule has 1 N–H and O–H groups in total. The zero-order chi connectivity index (χ0) is 20.8. The molecule has 1 heterocycles. The average Bonchev–Trinajstić information content (AvgIpc) is 2.85. The molecule has 9 nitrogen and oxygen atoms in total. The van der Waals surface area contributed by atoms with E-state index >= 15 is 0 Å². The minimum absolute atomic E-state index is 0.0363. The molecule has 28 heavy (non-hydrogen) atoms. The van der Waals surface area contributed by atoms with Crippen molar-refractivity contribution in [3.05, 3.63) is 23.8 Å². The number of carbonyl (C=O) groups excluding carboxylic acids is 4. The molecule has 1 fully saturated rings. The van der Waals surface area contributed by atoms with Crippen molar-refractivity contribution in [2.24, 2.45) is 0 Å². The van der Waals surface area contributed by atoms with E-state index in [-0.39, 0.29) is 24.6 Å². The highest BCUT2D eigenvalue weighted by molar-refractivity contribution is 6.45. The summed E-state index contributed by atoms with van der Waals surface area (Å²) >= 11 is 0. The molecule has 0 radical (unpaired) electrons. The van der Waals surface area contributed by atoms with E-state index in [9.17, 15) is 28.0 Å². The lowest BCUT2D eigenvalue weighted by Gasteiger charge is -2.14. The molecule has 1 aliphatic heterocycles. The molecule has 0 aromatic heterocycles. The number of halogens is 2. The molecule has 0 unspecified atom stereocenters. The third-order valence-corrected chi connectivity index (χ3v) is 3.93. The molecule has 152 valence electrons. The topological polar surface area (TPSA) is 105 Å². The lowest BCUT2D eigenvalue weighted by Crippen LogP contribution is -2.41. The van der Waals surface area contributed by atoms with Crippen LogP contribution in [0.15, 0.2) is 18.2 Å². The fourth-order valence-corrected chi connectivity index (χ4v) is 2.58. The lowest BCUT2D eigenvalue weighted by atomic mass is 10.1. The van der Waals surface area contributed by atoms with Gasteiger partial charge < -0.3 is 14.8 Å². The number of alkyl halides is 2. The molecule has 1 saturated heterocycles. The van der Waals surface area contributed by atoms with E-state index < -0.39 is 36.9 Å². The second kappa shape index (κ2) is 9.11. The Hall–Kier alpha value is -3.24. The third-order valence-electron chi connectivity index (χ3n) is 3.93. The molecular formula is C17H19F2N3O6. The number of hydrogen-bond donors (Lipinski definition) is 1. The number of amides is 5. The molecule has 0 spiro atoms. The zero-order valence-corrected chi connectivity index (χ0v) is 15.2. The summed E-state index contributed by atoms with van der Waals surface area (Å²) in [6.07, 6.45) is 0.332. The maximum Gasteiger partial charge on any atom is 0.387 e. The van der Waals surface area contributed by atoms with Crippen LogP contribution in [0.4, 0.5) is 13.6 Å². The van der Waals surface area contributed by atoms with Crippen molar-refractivity contribution in [2.45, 2.75) is 20.0 Å². The number of carbonyl (C=O) groups is 4. The van der Waals surface area contributed by atoms with Gasteiger partial charge in [-0.1, -0.05) is 6.07 Å². The number of urea groups is 1. The smallest absolute Gasteiger partial charge is 0.387 e. The summed E-state index contributed by atoms with van der Waals surface area (Å²) in [5.41, 5.74) is 0.680. The largest absolute Gasteiger partial charge is 0.493 e. The Balaban J connectivity index is 1.88. The number of imide groups is 2. The number of hydrogen-bond acceptors (Lipinski definition) is 6. The van der Waals surface area contributed by atoms with Gasteiger partial charge in [-0.2, -0.15) is 8.78 Å². The minimum atomic E-state index is -2.98. The molecule has 1 aromatic rings. The van der Waals surface area contributed by atoms with E-state index in [1.807, 2.05) is 0 Å². The number of nitrogens with zero attached hydrogens (tertiary/aromatic N) is 2. The Kier molecular flexibility index (Phi) is 6.85. The van der Waals surface area contributed by atoms with Crippen LogP contribution < -0.4 is 14.8 Å².